The molecule has 0 saturated carbocycles. The Bertz CT molecular complexity index is 1050. The van der Waals surface area contributed by atoms with Crippen molar-refractivity contribution in [3.05, 3.63) is 81.5 Å². The molecule has 0 fully saturated rings. The SMILES string of the molecule is O=C(N/N=C/c1ccc(-c2cccc(C(F)(F)F)c2)o1)c1ccc(Cl)cc1Cl. The van der Waals surface area contributed by atoms with E-state index in [9.17, 15) is 18.0 Å². The van der Waals surface area contributed by atoms with Gasteiger partial charge in [0.15, 0.2) is 0 Å². The molecule has 3 aromatic rings. The lowest BCUT2D eigenvalue weighted by Crippen LogP contribution is -2.17. The van der Waals surface area contributed by atoms with Crippen molar-refractivity contribution in [2.24, 2.45) is 5.10 Å². The molecule has 2 aromatic carbocycles. The molecular formula is C19H11Cl2F3N2O2. The second-order valence-corrected chi connectivity index (χ2v) is 6.45. The van der Waals surface area contributed by atoms with Crippen LogP contribution in [0.2, 0.25) is 10.0 Å². The topological polar surface area (TPSA) is 54.6 Å². The first kappa shape index (κ1) is 20.0. The Morgan fingerprint density at radius 1 is 1.07 bits per heavy atom. The second kappa shape index (κ2) is 8.08. The maximum atomic E-state index is 12.8. The first-order valence-corrected chi connectivity index (χ1v) is 8.55. The van der Waals surface area contributed by atoms with Crippen molar-refractivity contribution < 1.29 is 22.4 Å². The van der Waals surface area contributed by atoms with Gasteiger partial charge in [-0.15, -0.1) is 0 Å². The Morgan fingerprint density at radius 3 is 2.57 bits per heavy atom. The van der Waals surface area contributed by atoms with E-state index >= 15 is 0 Å². The molecule has 0 aliphatic carbocycles. The summed E-state index contributed by atoms with van der Waals surface area (Å²) in [5.74, 6) is -0.0721. The number of halogens is 5. The highest BCUT2D eigenvalue weighted by atomic mass is 35.5. The molecule has 1 aromatic heterocycles. The van der Waals surface area contributed by atoms with Crippen LogP contribution >= 0.6 is 23.2 Å². The number of amides is 1. The Labute approximate surface area is 167 Å². The lowest BCUT2D eigenvalue weighted by Gasteiger charge is -2.07. The van der Waals surface area contributed by atoms with E-state index in [1.807, 2.05) is 0 Å². The molecular weight excluding hydrogens is 416 g/mol. The summed E-state index contributed by atoms with van der Waals surface area (Å²) >= 11 is 11.7. The van der Waals surface area contributed by atoms with Crippen LogP contribution in [0.5, 0.6) is 0 Å². The van der Waals surface area contributed by atoms with Gasteiger partial charge in [0.05, 0.1) is 22.4 Å². The predicted molar refractivity (Wildman–Crippen MR) is 101 cm³/mol. The minimum Gasteiger partial charge on any atom is -0.455 e. The zero-order valence-corrected chi connectivity index (χ0v) is 15.4. The normalized spacial score (nSPS) is 11.8. The van der Waals surface area contributed by atoms with E-state index in [1.54, 1.807) is 0 Å². The molecule has 4 nitrogen and oxygen atoms in total. The molecule has 1 N–H and O–H groups in total. The molecule has 3 rings (SSSR count). The van der Waals surface area contributed by atoms with E-state index in [0.717, 1.165) is 12.1 Å². The van der Waals surface area contributed by atoms with Gasteiger partial charge < -0.3 is 4.42 Å². The maximum absolute atomic E-state index is 12.8. The van der Waals surface area contributed by atoms with Crippen LogP contribution in [0, 0.1) is 0 Å². The van der Waals surface area contributed by atoms with Crippen molar-refractivity contribution in [3.8, 4) is 11.3 Å². The summed E-state index contributed by atoms with van der Waals surface area (Å²) in [6.07, 6.45) is -3.22. The van der Waals surface area contributed by atoms with E-state index in [0.29, 0.717) is 5.02 Å². The molecule has 0 unspecified atom stereocenters. The summed E-state index contributed by atoms with van der Waals surface area (Å²) in [5, 5.41) is 4.32. The van der Waals surface area contributed by atoms with Crippen LogP contribution < -0.4 is 5.43 Å². The van der Waals surface area contributed by atoms with Gasteiger partial charge in [-0.3, -0.25) is 4.79 Å². The molecule has 144 valence electrons. The molecule has 28 heavy (non-hydrogen) atoms. The van der Waals surface area contributed by atoms with Crippen molar-refractivity contribution >= 4 is 35.3 Å². The van der Waals surface area contributed by atoms with Gasteiger partial charge in [0.1, 0.15) is 11.5 Å². The highest BCUT2D eigenvalue weighted by molar-refractivity contribution is 6.36. The zero-order valence-electron chi connectivity index (χ0n) is 13.9. The molecule has 1 heterocycles. The number of hydrazone groups is 1. The molecule has 0 spiro atoms. The van der Waals surface area contributed by atoms with Gasteiger partial charge in [-0.2, -0.15) is 18.3 Å². The number of alkyl halides is 3. The van der Waals surface area contributed by atoms with E-state index in [-0.39, 0.29) is 27.7 Å². The maximum Gasteiger partial charge on any atom is 0.416 e. The predicted octanol–water partition coefficient (Wildman–Crippen LogP) is 6.04. The van der Waals surface area contributed by atoms with E-state index in [4.69, 9.17) is 27.6 Å². The number of nitrogens with one attached hydrogen (secondary N) is 1. The summed E-state index contributed by atoms with van der Waals surface area (Å²) < 4.78 is 43.9. The number of hydrogen-bond donors (Lipinski definition) is 1. The standard InChI is InChI=1S/C19H11Cl2F3N2O2/c20-13-4-6-15(16(21)9-13)18(27)26-25-10-14-5-7-17(28-14)11-2-1-3-12(8-11)19(22,23)24/h1-10H,(H,26,27)/b25-10+. The van der Waals surface area contributed by atoms with Crippen molar-refractivity contribution in [1.82, 2.24) is 5.43 Å². The Kier molecular flexibility index (Phi) is 5.76. The van der Waals surface area contributed by atoms with Crippen LogP contribution in [0.15, 0.2) is 64.1 Å². The number of carbonyl (C=O) groups is 1. The lowest BCUT2D eigenvalue weighted by molar-refractivity contribution is -0.137. The quantitative estimate of drug-likeness (QED) is 0.408. The van der Waals surface area contributed by atoms with Gasteiger partial charge >= 0.3 is 6.18 Å². The number of benzene rings is 2. The van der Waals surface area contributed by atoms with Crippen LogP contribution in [0.4, 0.5) is 13.2 Å². The fraction of sp³-hybridized carbons (Fsp3) is 0.0526. The van der Waals surface area contributed by atoms with Gasteiger partial charge in [-0.1, -0.05) is 35.3 Å². The van der Waals surface area contributed by atoms with Gasteiger partial charge in [0, 0.05) is 10.6 Å². The van der Waals surface area contributed by atoms with Crippen molar-refractivity contribution in [2.75, 3.05) is 0 Å². The third kappa shape index (κ3) is 4.74. The highest BCUT2D eigenvalue weighted by Crippen LogP contribution is 2.32. The summed E-state index contributed by atoms with van der Waals surface area (Å²) in [4.78, 5) is 12.0. The fourth-order valence-corrected chi connectivity index (χ4v) is 2.81. The largest absolute Gasteiger partial charge is 0.455 e. The van der Waals surface area contributed by atoms with Crippen LogP contribution in [0.3, 0.4) is 0 Å². The number of nitrogens with zero attached hydrogens (tertiary/aromatic N) is 1. The summed E-state index contributed by atoms with van der Waals surface area (Å²) in [7, 11) is 0. The smallest absolute Gasteiger partial charge is 0.416 e. The molecule has 0 bridgehead atoms. The molecule has 9 heteroatoms. The minimum atomic E-state index is -4.44. The Balaban J connectivity index is 1.70. The van der Waals surface area contributed by atoms with E-state index < -0.39 is 17.6 Å². The number of hydrogen-bond acceptors (Lipinski definition) is 3. The second-order valence-electron chi connectivity index (χ2n) is 5.60. The summed E-state index contributed by atoms with van der Waals surface area (Å²) in [5.41, 5.74) is 1.96. The van der Waals surface area contributed by atoms with Crippen molar-refractivity contribution in [1.29, 1.82) is 0 Å². The summed E-state index contributed by atoms with van der Waals surface area (Å²) in [6, 6.07) is 12.2. The number of rotatable bonds is 4. The monoisotopic (exact) mass is 426 g/mol. The molecule has 0 radical (unpaired) electrons. The van der Waals surface area contributed by atoms with Crippen molar-refractivity contribution in [2.45, 2.75) is 6.18 Å². The number of furan rings is 1. The lowest BCUT2D eigenvalue weighted by atomic mass is 10.1. The van der Waals surface area contributed by atoms with Crippen LogP contribution in [0.25, 0.3) is 11.3 Å². The minimum absolute atomic E-state index is 0.171. The van der Waals surface area contributed by atoms with E-state index in [1.165, 1.54) is 48.7 Å². The van der Waals surface area contributed by atoms with Gasteiger partial charge in [0.25, 0.3) is 5.91 Å². The zero-order chi connectivity index (χ0) is 20.3. The van der Waals surface area contributed by atoms with Gasteiger partial charge in [-0.05, 0) is 42.5 Å². The van der Waals surface area contributed by atoms with E-state index in [2.05, 4.69) is 10.5 Å². The Hall–Kier alpha value is -2.77. The van der Waals surface area contributed by atoms with Gasteiger partial charge in [0.2, 0.25) is 0 Å². The average molecular weight is 427 g/mol. The Morgan fingerprint density at radius 2 is 1.86 bits per heavy atom. The highest BCUT2D eigenvalue weighted by Gasteiger charge is 2.30. The number of carbonyl (C=O) groups excluding carboxylic acids is 1. The first-order valence-electron chi connectivity index (χ1n) is 7.80. The average Bonchev–Trinajstić information content (AvgIpc) is 3.10. The summed E-state index contributed by atoms with van der Waals surface area (Å²) in [6.45, 7) is 0. The van der Waals surface area contributed by atoms with Crippen LogP contribution in [-0.4, -0.2) is 12.1 Å². The third-order valence-corrected chi connectivity index (χ3v) is 4.18. The first-order chi connectivity index (χ1) is 13.2. The molecule has 0 saturated heterocycles. The fourth-order valence-electron chi connectivity index (χ4n) is 2.31. The third-order valence-electron chi connectivity index (χ3n) is 3.63. The van der Waals surface area contributed by atoms with Crippen LogP contribution in [-0.2, 0) is 6.18 Å². The molecule has 0 aliphatic rings. The van der Waals surface area contributed by atoms with Gasteiger partial charge in [-0.25, -0.2) is 5.43 Å². The molecule has 0 aliphatic heterocycles. The van der Waals surface area contributed by atoms with Crippen molar-refractivity contribution in [3.63, 3.8) is 0 Å². The molecule has 0 atom stereocenters. The van der Waals surface area contributed by atoms with Crippen LogP contribution in [0.1, 0.15) is 21.7 Å². The molecule has 1 amide bonds.